The first-order valence-electron chi connectivity index (χ1n) is 2.85. The molecule has 0 aliphatic carbocycles. The first-order chi connectivity index (χ1) is 4.13. The highest BCUT2D eigenvalue weighted by Crippen LogP contribution is 1.84. The molecule has 0 aromatic carbocycles. The lowest BCUT2D eigenvalue weighted by molar-refractivity contribution is 0.654. The number of hydrogen-bond acceptors (Lipinski definition) is 2. The van der Waals surface area contributed by atoms with Gasteiger partial charge in [0.1, 0.15) is 4.32 Å². The standard InChI is InChI=1S/C5H12N2S2/c1-4(6)2-3-7-5(8)9/h4H,2-3,6H2,1H3,(H2,7,8,9). The van der Waals surface area contributed by atoms with Gasteiger partial charge < -0.3 is 11.1 Å². The second-order valence-corrected chi connectivity index (χ2v) is 3.16. The summed E-state index contributed by atoms with van der Waals surface area (Å²) in [5.41, 5.74) is 5.47. The lowest BCUT2D eigenvalue weighted by Crippen LogP contribution is -2.25. The molecule has 0 heterocycles. The van der Waals surface area contributed by atoms with Gasteiger partial charge in [-0.2, -0.15) is 0 Å². The first-order valence-corrected chi connectivity index (χ1v) is 3.71. The Bertz CT molecular complexity index is 93.0. The summed E-state index contributed by atoms with van der Waals surface area (Å²) < 4.78 is 0.538. The van der Waals surface area contributed by atoms with Crippen LogP contribution in [0.2, 0.25) is 0 Å². The molecule has 54 valence electrons. The molecule has 0 rings (SSSR count). The van der Waals surface area contributed by atoms with Gasteiger partial charge in [-0.15, -0.1) is 12.6 Å². The van der Waals surface area contributed by atoms with E-state index >= 15 is 0 Å². The predicted molar refractivity (Wildman–Crippen MR) is 47.9 cm³/mol. The molecule has 0 aromatic rings. The highest BCUT2D eigenvalue weighted by Gasteiger charge is 1.92. The van der Waals surface area contributed by atoms with E-state index in [0.717, 1.165) is 13.0 Å². The molecule has 1 atom stereocenters. The summed E-state index contributed by atoms with van der Waals surface area (Å²) in [6, 6.07) is 0.236. The maximum absolute atomic E-state index is 5.47. The smallest absolute Gasteiger partial charge is 0.130 e. The second kappa shape index (κ2) is 5.02. The zero-order chi connectivity index (χ0) is 7.28. The first kappa shape index (κ1) is 9.20. The third-order valence-electron chi connectivity index (χ3n) is 0.876. The van der Waals surface area contributed by atoms with Crippen molar-refractivity contribution in [3.05, 3.63) is 0 Å². The van der Waals surface area contributed by atoms with Crippen molar-refractivity contribution < 1.29 is 0 Å². The van der Waals surface area contributed by atoms with Gasteiger partial charge in [0.15, 0.2) is 0 Å². The Balaban J connectivity index is 3.01. The third-order valence-corrected chi connectivity index (χ3v) is 1.18. The molecule has 3 N–H and O–H groups in total. The summed E-state index contributed by atoms with van der Waals surface area (Å²) in [4.78, 5) is 0. The van der Waals surface area contributed by atoms with Gasteiger partial charge in [-0.25, -0.2) is 0 Å². The van der Waals surface area contributed by atoms with Crippen LogP contribution < -0.4 is 11.1 Å². The van der Waals surface area contributed by atoms with Crippen molar-refractivity contribution in [2.75, 3.05) is 6.54 Å². The van der Waals surface area contributed by atoms with E-state index in [9.17, 15) is 0 Å². The molecule has 0 radical (unpaired) electrons. The van der Waals surface area contributed by atoms with Crippen LogP contribution in [0.3, 0.4) is 0 Å². The van der Waals surface area contributed by atoms with E-state index in [2.05, 4.69) is 30.2 Å². The molecule has 0 amide bonds. The van der Waals surface area contributed by atoms with E-state index in [1.54, 1.807) is 0 Å². The Labute approximate surface area is 66.6 Å². The maximum Gasteiger partial charge on any atom is 0.130 e. The summed E-state index contributed by atoms with van der Waals surface area (Å²) in [6.45, 7) is 2.78. The fourth-order valence-corrected chi connectivity index (χ4v) is 0.621. The van der Waals surface area contributed by atoms with Crippen LogP contribution in [-0.4, -0.2) is 16.9 Å². The van der Waals surface area contributed by atoms with Crippen molar-refractivity contribution in [3.63, 3.8) is 0 Å². The molecule has 0 saturated heterocycles. The monoisotopic (exact) mass is 164 g/mol. The highest BCUT2D eigenvalue weighted by molar-refractivity contribution is 8.11. The molecule has 0 saturated carbocycles. The number of nitrogens with two attached hydrogens (primary N) is 1. The molecule has 0 fully saturated rings. The molecule has 1 unspecified atom stereocenters. The summed E-state index contributed by atoms with van der Waals surface area (Å²) in [5, 5.41) is 2.89. The summed E-state index contributed by atoms with van der Waals surface area (Å²) in [5.74, 6) is 0. The molecule has 9 heavy (non-hydrogen) atoms. The van der Waals surface area contributed by atoms with E-state index in [1.807, 2.05) is 6.92 Å². The van der Waals surface area contributed by atoms with Crippen LogP contribution in [0.25, 0.3) is 0 Å². The third kappa shape index (κ3) is 8.20. The lowest BCUT2D eigenvalue weighted by Gasteiger charge is -2.04. The minimum absolute atomic E-state index is 0.236. The number of nitrogens with one attached hydrogen (secondary N) is 1. The summed E-state index contributed by atoms with van der Waals surface area (Å²) in [6.07, 6.45) is 0.931. The molecule has 0 spiro atoms. The normalized spacial score (nSPS) is 12.8. The van der Waals surface area contributed by atoms with Crippen LogP contribution in [0.4, 0.5) is 0 Å². The molecular formula is C5H12N2S2. The lowest BCUT2D eigenvalue weighted by atomic mass is 10.2. The Kier molecular flexibility index (Phi) is 5.13. The van der Waals surface area contributed by atoms with Crippen molar-refractivity contribution in [1.82, 2.24) is 5.32 Å². The quantitative estimate of drug-likeness (QED) is 0.421. The van der Waals surface area contributed by atoms with Gasteiger partial charge in [-0.1, -0.05) is 12.2 Å². The molecule has 0 aromatic heterocycles. The van der Waals surface area contributed by atoms with Crippen molar-refractivity contribution in [2.24, 2.45) is 5.73 Å². The fraction of sp³-hybridized carbons (Fsp3) is 0.800. The van der Waals surface area contributed by atoms with Crippen LogP contribution in [0, 0.1) is 0 Å². The Hall–Kier alpha value is 0.200. The fourth-order valence-electron chi connectivity index (χ4n) is 0.407. The van der Waals surface area contributed by atoms with E-state index in [4.69, 9.17) is 5.73 Å². The van der Waals surface area contributed by atoms with Crippen LogP contribution in [-0.2, 0) is 0 Å². The van der Waals surface area contributed by atoms with Crippen molar-refractivity contribution in [1.29, 1.82) is 0 Å². The molecule has 0 aliphatic rings. The Morgan fingerprint density at radius 3 is 2.78 bits per heavy atom. The van der Waals surface area contributed by atoms with E-state index in [0.29, 0.717) is 4.32 Å². The van der Waals surface area contributed by atoms with Gasteiger partial charge in [0, 0.05) is 12.6 Å². The number of hydrogen-bond donors (Lipinski definition) is 3. The summed E-state index contributed by atoms with van der Waals surface area (Å²) >= 11 is 8.54. The highest BCUT2D eigenvalue weighted by atomic mass is 32.1. The van der Waals surface area contributed by atoms with Gasteiger partial charge >= 0.3 is 0 Å². The minimum atomic E-state index is 0.236. The number of thiocarbonyl (C=S) groups is 1. The topological polar surface area (TPSA) is 38.0 Å². The number of rotatable bonds is 3. The Morgan fingerprint density at radius 2 is 2.44 bits per heavy atom. The van der Waals surface area contributed by atoms with Gasteiger partial charge in [0.05, 0.1) is 0 Å². The zero-order valence-electron chi connectivity index (χ0n) is 5.42. The van der Waals surface area contributed by atoms with Crippen molar-refractivity contribution in [2.45, 2.75) is 19.4 Å². The molecule has 2 nitrogen and oxygen atoms in total. The molecular weight excluding hydrogens is 152 g/mol. The largest absolute Gasteiger partial charge is 0.371 e. The summed E-state index contributed by atoms with van der Waals surface area (Å²) in [7, 11) is 0. The zero-order valence-corrected chi connectivity index (χ0v) is 7.14. The molecule has 0 bridgehead atoms. The van der Waals surface area contributed by atoms with Crippen LogP contribution >= 0.6 is 24.8 Å². The van der Waals surface area contributed by atoms with Gasteiger partial charge in [0.2, 0.25) is 0 Å². The Morgan fingerprint density at radius 1 is 1.89 bits per heavy atom. The molecule has 0 aliphatic heterocycles. The van der Waals surface area contributed by atoms with Crippen LogP contribution in [0.5, 0.6) is 0 Å². The predicted octanol–water partition coefficient (Wildman–Crippen LogP) is 0.528. The van der Waals surface area contributed by atoms with Gasteiger partial charge in [0.25, 0.3) is 0 Å². The van der Waals surface area contributed by atoms with E-state index in [1.165, 1.54) is 0 Å². The average molecular weight is 164 g/mol. The number of thiol groups is 1. The maximum atomic E-state index is 5.47. The van der Waals surface area contributed by atoms with Crippen LogP contribution in [0.1, 0.15) is 13.3 Å². The van der Waals surface area contributed by atoms with Crippen LogP contribution in [0.15, 0.2) is 0 Å². The molecule has 4 heteroatoms. The second-order valence-electron chi connectivity index (χ2n) is 2.00. The average Bonchev–Trinajstić information content (AvgIpc) is 1.63. The van der Waals surface area contributed by atoms with Gasteiger partial charge in [-0.05, 0) is 13.3 Å². The minimum Gasteiger partial charge on any atom is -0.371 e. The van der Waals surface area contributed by atoms with Crippen molar-refractivity contribution >= 4 is 29.2 Å². The van der Waals surface area contributed by atoms with E-state index < -0.39 is 0 Å². The van der Waals surface area contributed by atoms with E-state index in [-0.39, 0.29) is 6.04 Å². The SMILES string of the molecule is CC(N)CCNC(=S)S. The van der Waals surface area contributed by atoms with Crippen molar-refractivity contribution in [3.8, 4) is 0 Å². The van der Waals surface area contributed by atoms with Gasteiger partial charge in [-0.3, -0.25) is 0 Å².